The zero-order valence-electron chi connectivity index (χ0n) is 4.50. The summed E-state index contributed by atoms with van der Waals surface area (Å²) >= 11 is 0. The molecule has 44 valence electrons. The minimum absolute atomic E-state index is 0.0231. The summed E-state index contributed by atoms with van der Waals surface area (Å²) in [4.78, 5) is 0. The lowest BCUT2D eigenvalue weighted by Gasteiger charge is -2.00. The Labute approximate surface area is 48.1 Å². The van der Waals surface area contributed by atoms with E-state index in [1.807, 2.05) is 0 Å². The first-order valence-corrected chi connectivity index (χ1v) is 2.47. The molecule has 1 unspecified atom stereocenters. The van der Waals surface area contributed by atoms with Crippen LogP contribution in [0.4, 0.5) is 0 Å². The van der Waals surface area contributed by atoms with E-state index in [1.165, 1.54) is 0 Å². The van der Waals surface area contributed by atoms with Gasteiger partial charge in [-0.2, -0.15) is 0 Å². The Kier molecular flexibility index (Phi) is 1.24. The SMILES string of the molecule is C=C(O)C1C=COC1. The van der Waals surface area contributed by atoms with Crippen LogP contribution in [0.25, 0.3) is 0 Å². The first-order chi connectivity index (χ1) is 3.80. The topological polar surface area (TPSA) is 29.5 Å². The van der Waals surface area contributed by atoms with E-state index in [0.29, 0.717) is 6.61 Å². The maximum Gasteiger partial charge on any atom is 0.101 e. The van der Waals surface area contributed by atoms with Gasteiger partial charge in [0.2, 0.25) is 0 Å². The van der Waals surface area contributed by atoms with Gasteiger partial charge in [0.25, 0.3) is 0 Å². The van der Waals surface area contributed by atoms with Crippen LogP contribution in [0.5, 0.6) is 0 Å². The molecule has 0 amide bonds. The third-order valence-electron chi connectivity index (χ3n) is 1.11. The van der Waals surface area contributed by atoms with E-state index in [1.54, 1.807) is 12.3 Å². The molecule has 1 heterocycles. The Balaban J connectivity index is 2.48. The molecule has 0 aromatic rings. The Morgan fingerprint density at radius 2 is 2.62 bits per heavy atom. The second kappa shape index (κ2) is 1.90. The quantitative estimate of drug-likeness (QED) is 0.517. The van der Waals surface area contributed by atoms with Crippen molar-refractivity contribution in [1.29, 1.82) is 0 Å². The molecule has 1 aliphatic rings. The van der Waals surface area contributed by atoms with Gasteiger partial charge >= 0.3 is 0 Å². The molecule has 2 heteroatoms. The van der Waals surface area contributed by atoms with Crippen molar-refractivity contribution < 1.29 is 9.84 Å². The van der Waals surface area contributed by atoms with Gasteiger partial charge in [-0.15, -0.1) is 0 Å². The van der Waals surface area contributed by atoms with Gasteiger partial charge < -0.3 is 9.84 Å². The van der Waals surface area contributed by atoms with Gasteiger partial charge in [-0.1, -0.05) is 6.58 Å². The Morgan fingerprint density at radius 3 is 2.88 bits per heavy atom. The van der Waals surface area contributed by atoms with Crippen molar-refractivity contribution >= 4 is 0 Å². The molecule has 0 aromatic heterocycles. The molecule has 0 radical (unpaired) electrons. The molecule has 8 heavy (non-hydrogen) atoms. The van der Waals surface area contributed by atoms with Crippen LogP contribution in [0.3, 0.4) is 0 Å². The van der Waals surface area contributed by atoms with E-state index in [0.717, 1.165) is 0 Å². The first-order valence-electron chi connectivity index (χ1n) is 2.47. The van der Waals surface area contributed by atoms with E-state index in [-0.39, 0.29) is 11.7 Å². The minimum Gasteiger partial charge on any atom is -0.512 e. The van der Waals surface area contributed by atoms with Crippen molar-refractivity contribution in [3.05, 3.63) is 24.7 Å². The lowest BCUT2D eigenvalue weighted by molar-refractivity contribution is 0.233. The van der Waals surface area contributed by atoms with E-state index < -0.39 is 0 Å². The summed E-state index contributed by atoms with van der Waals surface area (Å²) in [5.41, 5.74) is 0. The van der Waals surface area contributed by atoms with Crippen LogP contribution in [-0.2, 0) is 4.74 Å². The van der Waals surface area contributed by atoms with Crippen molar-refractivity contribution in [1.82, 2.24) is 0 Å². The fourth-order valence-corrected chi connectivity index (χ4v) is 0.572. The number of ether oxygens (including phenoxy) is 1. The van der Waals surface area contributed by atoms with E-state index in [2.05, 4.69) is 6.58 Å². The summed E-state index contributed by atoms with van der Waals surface area (Å²) in [6.07, 6.45) is 3.36. The van der Waals surface area contributed by atoms with Crippen LogP contribution in [0.1, 0.15) is 0 Å². The Morgan fingerprint density at radius 1 is 1.88 bits per heavy atom. The predicted octanol–water partition coefficient (Wildman–Crippen LogP) is 1.22. The van der Waals surface area contributed by atoms with Crippen LogP contribution in [0.2, 0.25) is 0 Å². The molecule has 0 saturated heterocycles. The van der Waals surface area contributed by atoms with Crippen LogP contribution in [0, 0.1) is 5.92 Å². The van der Waals surface area contributed by atoms with Crippen molar-refractivity contribution in [3.63, 3.8) is 0 Å². The van der Waals surface area contributed by atoms with Gasteiger partial charge in [0.05, 0.1) is 17.9 Å². The van der Waals surface area contributed by atoms with Crippen LogP contribution in [-0.4, -0.2) is 11.7 Å². The average molecular weight is 112 g/mol. The third kappa shape index (κ3) is 0.832. The molecular weight excluding hydrogens is 104 g/mol. The van der Waals surface area contributed by atoms with Crippen LogP contribution in [0.15, 0.2) is 24.7 Å². The molecule has 1 rings (SSSR count). The fourth-order valence-electron chi connectivity index (χ4n) is 0.572. The molecule has 0 fully saturated rings. The molecule has 0 saturated carbocycles. The second-order valence-corrected chi connectivity index (χ2v) is 1.76. The summed E-state index contributed by atoms with van der Waals surface area (Å²) in [7, 11) is 0. The average Bonchev–Trinajstić information content (AvgIpc) is 2.12. The molecule has 0 aliphatic carbocycles. The normalized spacial score (nSPS) is 25.2. The lowest BCUT2D eigenvalue weighted by atomic mass is 10.1. The Bertz CT molecular complexity index is 126. The van der Waals surface area contributed by atoms with Gasteiger partial charge in [0.15, 0.2) is 0 Å². The largest absolute Gasteiger partial charge is 0.512 e. The third-order valence-corrected chi connectivity index (χ3v) is 1.11. The second-order valence-electron chi connectivity index (χ2n) is 1.76. The number of aliphatic hydroxyl groups excluding tert-OH is 1. The highest BCUT2D eigenvalue weighted by Crippen LogP contribution is 2.13. The van der Waals surface area contributed by atoms with Gasteiger partial charge in [-0.05, 0) is 6.08 Å². The highest BCUT2D eigenvalue weighted by molar-refractivity contribution is 5.03. The van der Waals surface area contributed by atoms with Crippen LogP contribution < -0.4 is 0 Å². The standard InChI is InChI=1S/C6H8O2/c1-5(7)6-2-3-8-4-6/h2-3,6-7H,1,4H2. The van der Waals surface area contributed by atoms with E-state index >= 15 is 0 Å². The number of rotatable bonds is 1. The maximum atomic E-state index is 8.73. The smallest absolute Gasteiger partial charge is 0.101 e. The predicted molar refractivity (Wildman–Crippen MR) is 30.4 cm³/mol. The van der Waals surface area contributed by atoms with Crippen LogP contribution >= 0.6 is 0 Å². The number of hydrogen-bond donors (Lipinski definition) is 1. The van der Waals surface area contributed by atoms with E-state index in [9.17, 15) is 0 Å². The number of hydrogen-bond acceptors (Lipinski definition) is 2. The summed E-state index contributed by atoms with van der Waals surface area (Å²) < 4.78 is 4.82. The molecule has 1 aliphatic heterocycles. The van der Waals surface area contributed by atoms with E-state index in [4.69, 9.17) is 9.84 Å². The van der Waals surface area contributed by atoms with Crippen molar-refractivity contribution in [2.45, 2.75) is 0 Å². The molecule has 0 aromatic carbocycles. The van der Waals surface area contributed by atoms with Crippen molar-refractivity contribution in [3.8, 4) is 0 Å². The van der Waals surface area contributed by atoms with Gasteiger partial charge in [-0.25, -0.2) is 0 Å². The fraction of sp³-hybridized carbons (Fsp3) is 0.333. The molecular formula is C6H8O2. The summed E-state index contributed by atoms with van der Waals surface area (Å²) in [5.74, 6) is 0.203. The summed E-state index contributed by atoms with van der Waals surface area (Å²) in [5, 5.41) is 8.73. The Hall–Kier alpha value is -0.920. The maximum absolute atomic E-state index is 8.73. The summed E-state index contributed by atoms with van der Waals surface area (Å²) in [6, 6.07) is 0. The highest BCUT2D eigenvalue weighted by Gasteiger charge is 2.11. The molecule has 2 nitrogen and oxygen atoms in total. The molecule has 0 bridgehead atoms. The van der Waals surface area contributed by atoms with Crippen molar-refractivity contribution in [2.24, 2.45) is 5.92 Å². The number of aliphatic hydroxyl groups is 1. The molecule has 0 spiro atoms. The minimum atomic E-state index is 0.0231. The van der Waals surface area contributed by atoms with Gasteiger partial charge in [0, 0.05) is 0 Å². The zero-order valence-corrected chi connectivity index (χ0v) is 4.50. The van der Waals surface area contributed by atoms with Gasteiger partial charge in [0.1, 0.15) is 6.61 Å². The van der Waals surface area contributed by atoms with Gasteiger partial charge in [-0.3, -0.25) is 0 Å². The highest BCUT2D eigenvalue weighted by atomic mass is 16.5. The molecule has 1 atom stereocenters. The first kappa shape index (κ1) is 5.22. The molecule has 1 N–H and O–H groups in total. The lowest BCUT2D eigenvalue weighted by Crippen LogP contribution is -2.00. The monoisotopic (exact) mass is 112 g/mol. The zero-order chi connectivity index (χ0) is 5.98. The van der Waals surface area contributed by atoms with Crippen molar-refractivity contribution in [2.75, 3.05) is 6.61 Å². The summed E-state index contributed by atoms with van der Waals surface area (Å²) in [6.45, 7) is 3.90.